The molecule has 0 saturated carbocycles. The average Bonchev–Trinajstić information content (AvgIpc) is 2.76. The summed E-state index contributed by atoms with van der Waals surface area (Å²) in [4.78, 5) is 0. The number of nitrogens with one attached hydrogen (secondary N) is 1. The van der Waals surface area contributed by atoms with E-state index in [1.807, 2.05) is 6.92 Å². The van der Waals surface area contributed by atoms with Crippen LogP contribution in [0.5, 0.6) is 0 Å². The van der Waals surface area contributed by atoms with E-state index in [1.54, 1.807) is 6.07 Å². The average molecular weight is 288 g/mol. The molecule has 0 aliphatic heterocycles. The molecule has 19 heavy (non-hydrogen) atoms. The molecule has 0 spiro atoms. The van der Waals surface area contributed by atoms with Gasteiger partial charge < -0.3 is 10.2 Å². The first-order valence-corrected chi connectivity index (χ1v) is 8.14. The van der Waals surface area contributed by atoms with Crippen molar-refractivity contribution in [1.29, 1.82) is 0 Å². The van der Waals surface area contributed by atoms with Gasteiger partial charge in [0.25, 0.3) is 10.0 Å². The van der Waals surface area contributed by atoms with E-state index < -0.39 is 10.0 Å². The van der Waals surface area contributed by atoms with Crippen molar-refractivity contribution in [3.63, 3.8) is 0 Å². The van der Waals surface area contributed by atoms with E-state index in [4.69, 9.17) is 10.2 Å². The molecule has 0 aliphatic carbocycles. The number of sulfonamides is 1. The number of nitrogens with two attached hydrogens (primary N) is 1. The molecule has 1 aromatic heterocycles. The Balaban J connectivity index is 2.54. The lowest BCUT2D eigenvalue weighted by molar-refractivity contribution is 0.408. The predicted molar refractivity (Wildman–Crippen MR) is 75.1 cm³/mol. The first kappa shape index (κ1) is 16.2. The van der Waals surface area contributed by atoms with E-state index in [0.717, 1.165) is 19.3 Å². The highest BCUT2D eigenvalue weighted by molar-refractivity contribution is 7.89. The fourth-order valence-electron chi connectivity index (χ4n) is 1.83. The van der Waals surface area contributed by atoms with Crippen LogP contribution in [-0.4, -0.2) is 14.5 Å². The standard InChI is InChI=1S/C13H24N2O3S/c1-10(2)5-4-6-11(3)15-19(16,17)13-8-7-12(9-14)18-13/h7-8,10-11,15H,4-6,9,14H2,1-3H3. The lowest BCUT2D eigenvalue weighted by atomic mass is 10.0. The van der Waals surface area contributed by atoms with Crippen LogP contribution in [-0.2, 0) is 16.6 Å². The molecule has 1 aromatic rings. The molecule has 0 aromatic carbocycles. The molecule has 1 atom stereocenters. The van der Waals surface area contributed by atoms with Gasteiger partial charge in [-0.3, -0.25) is 0 Å². The monoisotopic (exact) mass is 288 g/mol. The van der Waals surface area contributed by atoms with Crippen LogP contribution in [0.3, 0.4) is 0 Å². The lowest BCUT2D eigenvalue weighted by Gasteiger charge is -2.13. The van der Waals surface area contributed by atoms with Crippen molar-refractivity contribution in [2.24, 2.45) is 11.7 Å². The van der Waals surface area contributed by atoms with Crippen LogP contribution >= 0.6 is 0 Å². The fraction of sp³-hybridized carbons (Fsp3) is 0.692. The molecule has 1 heterocycles. The van der Waals surface area contributed by atoms with E-state index >= 15 is 0 Å². The Bertz CT molecular complexity index is 480. The first-order valence-electron chi connectivity index (χ1n) is 6.66. The Morgan fingerprint density at radius 2 is 1.95 bits per heavy atom. The maximum atomic E-state index is 12.0. The van der Waals surface area contributed by atoms with Crippen LogP contribution in [0.2, 0.25) is 0 Å². The molecule has 0 fully saturated rings. The topological polar surface area (TPSA) is 85.3 Å². The fourth-order valence-corrected chi connectivity index (χ4v) is 3.05. The predicted octanol–water partition coefficient (Wildman–Crippen LogP) is 2.23. The van der Waals surface area contributed by atoms with Gasteiger partial charge in [-0.05, 0) is 31.4 Å². The zero-order valence-corrected chi connectivity index (χ0v) is 12.7. The van der Waals surface area contributed by atoms with Gasteiger partial charge in [0.2, 0.25) is 5.09 Å². The number of furan rings is 1. The summed E-state index contributed by atoms with van der Waals surface area (Å²) >= 11 is 0. The van der Waals surface area contributed by atoms with Crippen molar-refractivity contribution < 1.29 is 12.8 Å². The Morgan fingerprint density at radius 3 is 2.47 bits per heavy atom. The molecule has 0 amide bonds. The summed E-state index contributed by atoms with van der Waals surface area (Å²) in [5, 5.41) is -0.0661. The maximum absolute atomic E-state index is 12.0. The molecule has 0 aliphatic rings. The summed E-state index contributed by atoms with van der Waals surface area (Å²) in [5.74, 6) is 1.11. The molecule has 5 nitrogen and oxygen atoms in total. The van der Waals surface area contributed by atoms with Gasteiger partial charge in [0.15, 0.2) is 0 Å². The summed E-state index contributed by atoms with van der Waals surface area (Å²) in [6.45, 7) is 6.38. The first-order chi connectivity index (χ1) is 8.85. The van der Waals surface area contributed by atoms with Crippen molar-refractivity contribution in [3.8, 4) is 0 Å². The van der Waals surface area contributed by atoms with Crippen LogP contribution < -0.4 is 10.5 Å². The minimum atomic E-state index is -3.57. The molecule has 3 N–H and O–H groups in total. The Labute approximate surface area is 115 Å². The van der Waals surface area contributed by atoms with Crippen LogP contribution in [0.25, 0.3) is 0 Å². The summed E-state index contributed by atoms with van der Waals surface area (Å²) in [7, 11) is -3.57. The number of hydrogen-bond donors (Lipinski definition) is 2. The van der Waals surface area contributed by atoms with E-state index in [0.29, 0.717) is 11.7 Å². The normalized spacial score (nSPS) is 13.9. The Kier molecular flexibility index (Phi) is 6.03. The van der Waals surface area contributed by atoms with Crippen molar-refractivity contribution in [2.75, 3.05) is 0 Å². The van der Waals surface area contributed by atoms with E-state index in [-0.39, 0.29) is 17.7 Å². The maximum Gasteiger partial charge on any atom is 0.274 e. The van der Waals surface area contributed by atoms with Gasteiger partial charge in [-0.15, -0.1) is 0 Å². The zero-order chi connectivity index (χ0) is 14.5. The minimum absolute atomic E-state index is 0.0661. The molecule has 1 rings (SSSR count). The van der Waals surface area contributed by atoms with Gasteiger partial charge in [-0.2, -0.15) is 0 Å². The van der Waals surface area contributed by atoms with Crippen LogP contribution in [0.15, 0.2) is 21.6 Å². The molecule has 0 radical (unpaired) electrons. The minimum Gasteiger partial charge on any atom is -0.447 e. The second-order valence-electron chi connectivity index (χ2n) is 5.27. The summed E-state index contributed by atoms with van der Waals surface area (Å²) in [6, 6.07) is 2.92. The third kappa shape index (κ3) is 5.34. The van der Waals surface area contributed by atoms with Crippen molar-refractivity contribution in [2.45, 2.75) is 57.7 Å². The van der Waals surface area contributed by atoms with E-state index in [2.05, 4.69) is 18.6 Å². The summed E-state index contributed by atoms with van der Waals surface area (Å²) in [6.07, 6.45) is 2.93. The highest BCUT2D eigenvalue weighted by Crippen LogP contribution is 2.15. The second kappa shape index (κ2) is 7.07. The zero-order valence-electron chi connectivity index (χ0n) is 11.8. The summed E-state index contributed by atoms with van der Waals surface area (Å²) in [5.41, 5.74) is 5.39. The third-order valence-electron chi connectivity index (χ3n) is 2.88. The highest BCUT2D eigenvalue weighted by Gasteiger charge is 2.20. The Hall–Kier alpha value is -0.850. The highest BCUT2D eigenvalue weighted by atomic mass is 32.2. The molecule has 6 heteroatoms. The van der Waals surface area contributed by atoms with Gasteiger partial charge in [0.05, 0.1) is 6.54 Å². The van der Waals surface area contributed by atoms with E-state index in [9.17, 15) is 8.42 Å². The largest absolute Gasteiger partial charge is 0.447 e. The second-order valence-corrected chi connectivity index (χ2v) is 6.92. The molecule has 0 bridgehead atoms. The van der Waals surface area contributed by atoms with Crippen molar-refractivity contribution in [3.05, 3.63) is 17.9 Å². The smallest absolute Gasteiger partial charge is 0.274 e. The van der Waals surface area contributed by atoms with Crippen LogP contribution in [0, 0.1) is 5.92 Å². The van der Waals surface area contributed by atoms with Gasteiger partial charge >= 0.3 is 0 Å². The molecule has 0 saturated heterocycles. The lowest BCUT2D eigenvalue weighted by Crippen LogP contribution is -2.32. The SMILES string of the molecule is CC(C)CCCC(C)NS(=O)(=O)c1ccc(CN)o1. The molecular weight excluding hydrogens is 264 g/mol. The quantitative estimate of drug-likeness (QED) is 0.768. The van der Waals surface area contributed by atoms with Gasteiger partial charge in [-0.25, -0.2) is 13.1 Å². The van der Waals surface area contributed by atoms with Crippen LogP contribution in [0.4, 0.5) is 0 Å². The van der Waals surface area contributed by atoms with Crippen LogP contribution in [0.1, 0.15) is 45.8 Å². The molecule has 110 valence electrons. The van der Waals surface area contributed by atoms with Crippen molar-refractivity contribution >= 4 is 10.0 Å². The van der Waals surface area contributed by atoms with E-state index in [1.165, 1.54) is 6.07 Å². The Morgan fingerprint density at radius 1 is 1.26 bits per heavy atom. The third-order valence-corrected chi connectivity index (χ3v) is 4.34. The van der Waals surface area contributed by atoms with Gasteiger partial charge in [0, 0.05) is 6.04 Å². The van der Waals surface area contributed by atoms with Crippen molar-refractivity contribution in [1.82, 2.24) is 4.72 Å². The molecular formula is C13H24N2O3S. The molecule has 1 unspecified atom stereocenters. The summed E-state index contributed by atoms with van der Waals surface area (Å²) < 4.78 is 31.8. The number of rotatable bonds is 8. The van der Waals surface area contributed by atoms with Gasteiger partial charge in [-0.1, -0.05) is 26.7 Å². The number of hydrogen-bond acceptors (Lipinski definition) is 4. The van der Waals surface area contributed by atoms with Gasteiger partial charge in [0.1, 0.15) is 5.76 Å².